The van der Waals surface area contributed by atoms with E-state index in [1.165, 1.54) is 5.57 Å². The summed E-state index contributed by atoms with van der Waals surface area (Å²) in [7, 11) is 0. The molecule has 8 heteroatoms. The molecule has 1 saturated heterocycles. The van der Waals surface area contributed by atoms with Crippen LogP contribution in [0.1, 0.15) is 18.4 Å². The van der Waals surface area contributed by atoms with Gasteiger partial charge >= 0.3 is 6.03 Å². The molecule has 0 spiro atoms. The molecule has 0 saturated carbocycles. The normalized spacial score (nSPS) is 13.7. The summed E-state index contributed by atoms with van der Waals surface area (Å²) in [5, 5.41) is 10.4. The van der Waals surface area contributed by atoms with Crippen LogP contribution in [0.2, 0.25) is 0 Å². The summed E-state index contributed by atoms with van der Waals surface area (Å²) in [6.07, 6.45) is 10.1. The number of hydrogen-bond acceptors (Lipinski definition) is 6. The van der Waals surface area contributed by atoms with Crippen molar-refractivity contribution in [1.29, 1.82) is 0 Å². The number of carbonyl (C=O) groups excluding carboxylic acids is 1. The Hall–Kier alpha value is -3.81. The van der Waals surface area contributed by atoms with E-state index in [0.717, 1.165) is 18.4 Å². The zero-order valence-corrected chi connectivity index (χ0v) is 15.7. The molecule has 29 heavy (non-hydrogen) atoms. The van der Waals surface area contributed by atoms with E-state index in [0.29, 0.717) is 30.5 Å². The van der Waals surface area contributed by atoms with Crippen molar-refractivity contribution in [2.24, 2.45) is 0 Å². The van der Waals surface area contributed by atoms with Crippen molar-refractivity contribution in [2.75, 3.05) is 18.4 Å². The van der Waals surface area contributed by atoms with E-state index in [2.05, 4.69) is 31.6 Å². The average Bonchev–Trinajstić information content (AvgIpc) is 2.76. The van der Waals surface area contributed by atoms with Gasteiger partial charge in [0.2, 0.25) is 5.88 Å². The third kappa shape index (κ3) is 5.13. The molecule has 3 aromatic rings. The second-order valence-corrected chi connectivity index (χ2v) is 6.55. The Balaban J connectivity index is 1.35. The molecule has 8 nitrogen and oxygen atoms in total. The molecule has 1 fully saturated rings. The number of hydrogen-bond donors (Lipinski definition) is 1. The Morgan fingerprint density at radius 3 is 2.76 bits per heavy atom. The molecule has 1 N–H and O–H groups in total. The van der Waals surface area contributed by atoms with Crippen molar-refractivity contribution in [3.05, 3.63) is 72.3 Å². The first-order chi connectivity index (χ1) is 14.3. The maximum absolute atomic E-state index is 12.4. The second-order valence-electron chi connectivity index (χ2n) is 6.55. The van der Waals surface area contributed by atoms with Crippen molar-refractivity contribution in [2.45, 2.75) is 12.8 Å². The second kappa shape index (κ2) is 8.92. The van der Waals surface area contributed by atoms with E-state index in [9.17, 15) is 4.79 Å². The topological polar surface area (TPSA) is 93.1 Å². The van der Waals surface area contributed by atoms with Crippen LogP contribution < -0.4 is 10.1 Å². The van der Waals surface area contributed by atoms with Gasteiger partial charge < -0.3 is 9.64 Å². The monoisotopic (exact) mass is 388 g/mol. The summed E-state index contributed by atoms with van der Waals surface area (Å²) in [4.78, 5) is 22.3. The van der Waals surface area contributed by atoms with Crippen LogP contribution in [-0.2, 0) is 0 Å². The van der Waals surface area contributed by atoms with E-state index in [4.69, 9.17) is 4.74 Å². The van der Waals surface area contributed by atoms with E-state index >= 15 is 0 Å². The third-order valence-electron chi connectivity index (χ3n) is 4.49. The van der Waals surface area contributed by atoms with Crippen molar-refractivity contribution < 1.29 is 9.53 Å². The maximum atomic E-state index is 12.4. The van der Waals surface area contributed by atoms with Gasteiger partial charge in [0.05, 0.1) is 6.20 Å². The molecule has 1 aromatic carbocycles. The molecule has 146 valence electrons. The number of ether oxygens (including phenoxy) is 1. The fourth-order valence-electron chi connectivity index (χ4n) is 3.06. The number of rotatable bonds is 4. The molecule has 0 radical (unpaired) electrons. The van der Waals surface area contributed by atoms with Crippen LogP contribution in [0.4, 0.5) is 10.6 Å². The lowest BCUT2D eigenvalue weighted by atomic mass is 10.0. The SMILES string of the molecule is O=C(Nc1cccnn1)N1CCC(=Cc2cccc(Oc3cnccn3)c2)CC1. The van der Waals surface area contributed by atoms with Gasteiger partial charge in [0.1, 0.15) is 5.75 Å². The van der Waals surface area contributed by atoms with E-state index < -0.39 is 0 Å². The average molecular weight is 388 g/mol. The third-order valence-corrected chi connectivity index (χ3v) is 4.49. The molecule has 1 aliphatic heterocycles. The number of carbonyl (C=O) groups is 1. The lowest BCUT2D eigenvalue weighted by molar-refractivity contribution is 0.207. The molecular weight excluding hydrogens is 368 g/mol. The van der Waals surface area contributed by atoms with Crippen LogP contribution in [0, 0.1) is 0 Å². The van der Waals surface area contributed by atoms with Crippen LogP contribution >= 0.6 is 0 Å². The molecular formula is C21H20N6O2. The molecule has 0 bridgehead atoms. The summed E-state index contributed by atoms with van der Waals surface area (Å²) in [6, 6.07) is 11.1. The molecule has 2 amide bonds. The lowest BCUT2D eigenvalue weighted by Gasteiger charge is -2.28. The van der Waals surface area contributed by atoms with Gasteiger partial charge in [-0.25, -0.2) is 9.78 Å². The molecule has 0 unspecified atom stereocenters. The zero-order valence-electron chi connectivity index (χ0n) is 15.7. The molecule has 3 heterocycles. The summed E-state index contributed by atoms with van der Waals surface area (Å²) in [6.45, 7) is 1.32. The Labute approximate surface area is 168 Å². The van der Waals surface area contributed by atoms with Crippen LogP contribution in [0.25, 0.3) is 6.08 Å². The number of benzene rings is 1. The smallest absolute Gasteiger partial charge is 0.323 e. The first-order valence-corrected chi connectivity index (χ1v) is 9.33. The molecule has 1 aliphatic rings. The predicted molar refractivity (Wildman–Crippen MR) is 108 cm³/mol. The summed E-state index contributed by atoms with van der Waals surface area (Å²) in [5.41, 5.74) is 2.35. The molecule has 0 aliphatic carbocycles. The van der Waals surface area contributed by atoms with Crippen molar-refractivity contribution in [1.82, 2.24) is 25.1 Å². The van der Waals surface area contributed by atoms with Crippen LogP contribution in [0.3, 0.4) is 0 Å². The predicted octanol–water partition coefficient (Wildman–Crippen LogP) is 3.77. The number of urea groups is 1. The van der Waals surface area contributed by atoms with Gasteiger partial charge in [-0.15, -0.1) is 5.10 Å². The largest absolute Gasteiger partial charge is 0.437 e. The van der Waals surface area contributed by atoms with E-state index in [1.54, 1.807) is 41.8 Å². The Morgan fingerprint density at radius 2 is 2.00 bits per heavy atom. The minimum Gasteiger partial charge on any atom is -0.437 e. The number of anilines is 1. The van der Waals surface area contributed by atoms with Crippen LogP contribution in [0.15, 0.2) is 66.8 Å². The minimum absolute atomic E-state index is 0.149. The highest BCUT2D eigenvalue weighted by atomic mass is 16.5. The zero-order chi connectivity index (χ0) is 19.9. The summed E-state index contributed by atoms with van der Waals surface area (Å²) >= 11 is 0. The van der Waals surface area contributed by atoms with Gasteiger partial charge in [-0.1, -0.05) is 23.8 Å². The summed E-state index contributed by atoms with van der Waals surface area (Å²) < 4.78 is 5.74. The number of amides is 2. The first-order valence-electron chi connectivity index (χ1n) is 9.33. The van der Waals surface area contributed by atoms with Gasteiger partial charge in [0.15, 0.2) is 5.82 Å². The Bertz CT molecular complexity index is 984. The number of piperidine rings is 1. The number of nitrogens with one attached hydrogen (secondary N) is 1. The Morgan fingerprint density at radius 1 is 1.10 bits per heavy atom. The van der Waals surface area contributed by atoms with Gasteiger partial charge in [-0.3, -0.25) is 10.3 Å². The van der Waals surface area contributed by atoms with Crippen molar-refractivity contribution in [3.8, 4) is 11.6 Å². The number of likely N-dealkylation sites (tertiary alicyclic amines) is 1. The minimum atomic E-state index is -0.149. The van der Waals surface area contributed by atoms with Crippen molar-refractivity contribution in [3.63, 3.8) is 0 Å². The van der Waals surface area contributed by atoms with Gasteiger partial charge in [0.25, 0.3) is 0 Å². The molecule has 2 aromatic heterocycles. The summed E-state index contributed by atoms with van der Waals surface area (Å²) in [5.74, 6) is 1.62. The van der Waals surface area contributed by atoms with Crippen LogP contribution in [0.5, 0.6) is 11.6 Å². The van der Waals surface area contributed by atoms with Crippen LogP contribution in [-0.4, -0.2) is 44.2 Å². The highest BCUT2D eigenvalue weighted by Gasteiger charge is 2.19. The fourth-order valence-corrected chi connectivity index (χ4v) is 3.06. The standard InChI is InChI=1S/C21H20N6O2/c28-21(25-19-5-2-8-24-26-19)27-11-6-16(7-12-27)13-17-3-1-4-18(14-17)29-20-15-22-9-10-23-20/h1-5,8-10,13-15H,6-7,11-12H2,(H,25,26,28). The number of aromatic nitrogens is 4. The lowest BCUT2D eigenvalue weighted by Crippen LogP contribution is -2.39. The van der Waals surface area contributed by atoms with E-state index in [1.807, 2.05) is 24.3 Å². The van der Waals surface area contributed by atoms with Crippen molar-refractivity contribution >= 4 is 17.9 Å². The number of nitrogens with zero attached hydrogens (tertiary/aromatic N) is 5. The molecule has 4 rings (SSSR count). The fraction of sp³-hybridized carbons (Fsp3) is 0.190. The maximum Gasteiger partial charge on any atom is 0.323 e. The quantitative estimate of drug-likeness (QED) is 0.731. The van der Waals surface area contributed by atoms with Gasteiger partial charge in [-0.2, -0.15) is 5.10 Å². The molecule has 0 atom stereocenters. The highest BCUT2D eigenvalue weighted by Crippen LogP contribution is 2.24. The Kier molecular flexibility index (Phi) is 5.70. The van der Waals surface area contributed by atoms with Gasteiger partial charge in [-0.05, 0) is 42.7 Å². The highest BCUT2D eigenvalue weighted by molar-refractivity contribution is 5.88. The van der Waals surface area contributed by atoms with E-state index in [-0.39, 0.29) is 6.03 Å². The van der Waals surface area contributed by atoms with Gasteiger partial charge in [0, 0.05) is 31.7 Å². The first kappa shape index (κ1) is 18.5.